The van der Waals surface area contributed by atoms with Gasteiger partial charge in [-0.15, -0.1) is 6.58 Å². The Labute approximate surface area is 257 Å². The highest BCUT2D eigenvalue weighted by Crippen LogP contribution is 2.07. The van der Waals surface area contributed by atoms with Crippen LogP contribution in [0, 0.1) is 0 Å². The molecule has 0 N–H and O–H groups in total. The molecule has 43 heavy (non-hydrogen) atoms. The van der Waals surface area contributed by atoms with Gasteiger partial charge in [-0.05, 0) is 12.1 Å². The predicted molar refractivity (Wildman–Crippen MR) is 161 cm³/mol. The predicted octanol–water partition coefficient (Wildman–Crippen LogP) is 2.43. The Hall–Kier alpha value is -1.68. The minimum absolute atomic E-state index is 0.512. The van der Waals surface area contributed by atoms with Gasteiger partial charge in [-0.2, -0.15) is 0 Å². The van der Waals surface area contributed by atoms with Crippen LogP contribution < -0.4 is 4.74 Å². The second-order valence-electron chi connectivity index (χ2n) is 8.65. The van der Waals surface area contributed by atoms with Crippen LogP contribution >= 0.6 is 0 Å². The van der Waals surface area contributed by atoms with Crippen molar-refractivity contribution >= 4 is 0 Å². The van der Waals surface area contributed by atoms with Gasteiger partial charge in [-0.25, -0.2) is 0 Å². The van der Waals surface area contributed by atoms with E-state index in [0.29, 0.717) is 152 Å². The normalized spacial score (nSPS) is 11.3. The van der Waals surface area contributed by atoms with Crippen molar-refractivity contribution < 1.29 is 56.8 Å². The Balaban J connectivity index is 1.61. The first kappa shape index (κ1) is 39.3. The molecule has 1 aromatic carbocycles. The van der Waals surface area contributed by atoms with Crippen LogP contribution in [-0.2, 0) is 52.1 Å². The van der Waals surface area contributed by atoms with Crippen LogP contribution in [0.2, 0.25) is 0 Å². The van der Waals surface area contributed by atoms with Crippen molar-refractivity contribution in [2.24, 2.45) is 0 Å². The van der Waals surface area contributed by atoms with Crippen LogP contribution in [0.5, 0.6) is 5.75 Å². The summed E-state index contributed by atoms with van der Waals surface area (Å²) in [5.41, 5.74) is 0. The van der Waals surface area contributed by atoms with Gasteiger partial charge in [-0.1, -0.05) is 24.3 Å². The number of benzene rings is 1. The minimum atomic E-state index is 0.512. The van der Waals surface area contributed by atoms with Gasteiger partial charge >= 0.3 is 0 Å². The molecule has 0 bridgehead atoms. The lowest BCUT2D eigenvalue weighted by molar-refractivity contribution is -0.0275. The van der Waals surface area contributed by atoms with Crippen molar-refractivity contribution in [2.75, 3.05) is 152 Å². The van der Waals surface area contributed by atoms with E-state index in [1.54, 1.807) is 6.08 Å². The molecule has 0 aliphatic carbocycles. The molecule has 12 nitrogen and oxygen atoms in total. The fourth-order valence-corrected chi connectivity index (χ4v) is 3.10. The lowest BCUT2D eigenvalue weighted by atomic mass is 10.3. The Bertz CT molecular complexity index is 667. The van der Waals surface area contributed by atoms with E-state index in [1.165, 1.54) is 0 Å². The van der Waals surface area contributed by atoms with Crippen molar-refractivity contribution in [2.45, 2.75) is 0 Å². The molecule has 0 heterocycles. The third-order valence-corrected chi connectivity index (χ3v) is 5.20. The lowest BCUT2D eigenvalue weighted by Crippen LogP contribution is -2.15. The van der Waals surface area contributed by atoms with Gasteiger partial charge in [0.2, 0.25) is 0 Å². The van der Waals surface area contributed by atoms with E-state index >= 15 is 0 Å². The number of para-hydroxylation sites is 1. The van der Waals surface area contributed by atoms with Crippen LogP contribution in [-0.4, -0.2) is 152 Å². The quantitative estimate of drug-likeness (QED) is 0.0814. The summed E-state index contributed by atoms with van der Waals surface area (Å²) in [5.74, 6) is 0.844. The summed E-state index contributed by atoms with van der Waals surface area (Å²) in [5, 5.41) is 0. The molecule has 1 aromatic rings. The molecular formula is C31H54O12. The van der Waals surface area contributed by atoms with E-state index in [4.69, 9.17) is 56.8 Å². The molecule has 1 rings (SSSR count). The van der Waals surface area contributed by atoms with Crippen LogP contribution in [0.25, 0.3) is 0 Å². The van der Waals surface area contributed by atoms with Gasteiger partial charge in [0.15, 0.2) is 0 Å². The van der Waals surface area contributed by atoms with E-state index < -0.39 is 0 Å². The third-order valence-electron chi connectivity index (χ3n) is 5.20. The summed E-state index contributed by atoms with van der Waals surface area (Å²) in [7, 11) is 0. The molecule has 0 aliphatic rings. The summed E-state index contributed by atoms with van der Waals surface area (Å²) >= 11 is 0. The summed E-state index contributed by atoms with van der Waals surface area (Å²) in [6.07, 6.45) is 1.71. The first-order valence-corrected chi connectivity index (χ1v) is 15.1. The third kappa shape index (κ3) is 31.5. The smallest absolute Gasteiger partial charge is 0.119 e. The Morgan fingerprint density at radius 1 is 0.349 bits per heavy atom. The monoisotopic (exact) mass is 618 g/mol. The molecular weight excluding hydrogens is 564 g/mol. The maximum absolute atomic E-state index is 5.55. The fraction of sp³-hybridized carbons (Fsp3) is 0.742. The average Bonchev–Trinajstić information content (AvgIpc) is 3.03. The van der Waals surface area contributed by atoms with Gasteiger partial charge in [0.1, 0.15) is 12.4 Å². The molecule has 12 heteroatoms. The molecule has 0 saturated carbocycles. The molecule has 0 aliphatic heterocycles. The molecule has 0 aromatic heterocycles. The first-order valence-electron chi connectivity index (χ1n) is 15.1. The maximum atomic E-state index is 5.55. The van der Waals surface area contributed by atoms with Crippen LogP contribution in [0.4, 0.5) is 0 Å². The van der Waals surface area contributed by atoms with Gasteiger partial charge in [-0.3, -0.25) is 0 Å². The summed E-state index contributed by atoms with van der Waals surface area (Å²) in [6, 6.07) is 9.67. The first-order chi connectivity index (χ1) is 21.4. The Morgan fingerprint density at radius 2 is 0.605 bits per heavy atom. The van der Waals surface area contributed by atoms with Gasteiger partial charge in [0.25, 0.3) is 0 Å². The van der Waals surface area contributed by atoms with Crippen molar-refractivity contribution in [3.8, 4) is 5.75 Å². The van der Waals surface area contributed by atoms with Crippen LogP contribution in [0.15, 0.2) is 43.0 Å². The maximum Gasteiger partial charge on any atom is 0.119 e. The van der Waals surface area contributed by atoms with Crippen LogP contribution in [0.1, 0.15) is 0 Å². The van der Waals surface area contributed by atoms with Gasteiger partial charge in [0, 0.05) is 0 Å². The molecule has 0 saturated heterocycles. The van der Waals surface area contributed by atoms with E-state index in [-0.39, 0.29) is 0 Å². The number of hydrogen-bond acceptors (Lipinski definition) is 12. The zero-order valence-electron chi connectivity index (χ0n) is 25.8. The van der Waals surface area contributed by atoms with E-state index in [9.17, 15) is 0 Å². The van der Waals surface area contributed by atoms with Crippen molar-refractivity contribution in [3.63, 3.8) is 0 Å². The highest BCUT2D eigenvalue weighted by Gasteiger charge is 1.97. The second kappa shape index (κ2) is 34.8. The zero-order chi connectivity index (χ0) is 30.6. The van der Waals surface area contributed by atoms with Crippen molar-refractivity contribution in [3.05, 3.63) is 43.0 Å². The molecule has 0 fully saturated rings. The highest BCUT2D eigenvalue weighted by atomic mass is 16.6. The lowest BCUT2D eigenvalue weighted by Gasteiger charge is -2.09. The van der Waals surface area contributed by atoms with Crippen molar-refractivity contribution in [1.82, 2.24) is 0 Å². The van der Waals surface area contributed by atoms with Crippen molar-refractivity contribution in [1.29, 1.82) is 0 Å². The summed E-state index contributed by atoms with van der Waals surface area (Å²) in [6.45, 7) is 15.6. The highest BCUT2D eigenvalue weighted by molar-refractivity contribution is 5.20. The Morgan fingerprint density at radius 3 is 0.884 bits per heavy atom. The van der Waals surface area contributed by atoms with Gasteiger partial charge in [0.05, 0.1) is 145 Å². The molecule has 0 unspecified atom stereocenters. The number of ether oxygens (including phenoxy) is 12. The number of rotatable bonds is 36. The van der Waals surface area contributed by atoms with E-state index in [2.05, 4.69) is 6.58 Å². The molecule has 0 radical (unpaired) electrons. The average molecular weight is 619 g/mol. The summed E-state index contributed by atoms with van der Waals surface area (Å²) < 4.78 is 65.3. The minimum Gasteiger partial charge on any atom is -0.491 e. The number of hydrogen-bond donors (Lipinski definition) is 0. The SMILES string of the molecule is C=CCOCCOCCOCCOCCOCCOCCOCCOCCOCCOCCOCCOc1ccccc1. The van der Waals surface area contributed by atoms with E-state index in [1.807, 2.05) is 30.3 Å². The van der Waals surface area contributed by atoms with E-state index in [0.717, 1.165) is 5.75 Å². The summed E-state index contributed by atoms with van der Waals surface area (Å²) in [4.78, 5) is 0. The van der Waals surface area contributed by atoms with Gasteiger partial charge < -0.3 is 56.8 Å². The fourth-order valence-electron chi connectivity index (χ4n) is 3.10. The standard InChI is InChI=1S/C31H54O12/c1-2-8-32-9-10-33-11-12-34-13-14-35-15-16-36-17-18-37-19-20-38-21-22-39-23-24-40-25-26-41-27-28-42-29-30-43-31-6-4-3-5-7-31/h2-7H,1,8-30H2. The molecule has 0 atom stereocenters. The van der Waals surface area contributed by atoms with Crippen LogP contribution in [0.3, 0.4) is 0 Å². The zero-order valence-corrected chi connectivity index (χ0v) is 25.8. The molecule has 250 valence electrons. The Kier molecular flexibility index (Phi) is 31.8. The largest absolute Gasteiger partial charge is 0.491 e. The molecule has 0 amide bonds. The molecule has 0 spiro atoms. The second-order valence-corrected chi connectivity index (χ2v) is 8.65. The topological polar surface area (TPSA) is 111 Å².